The van der Waals surface area contributed by atoms with Crippen molar-refractivity contribution in [1.82, 2.24) is 24.9 Å². The fraction of sp³-hybridized carbons (Fsp3) is 0.125. The topological polar surface area (TPSA) is 119 Å². The molecule has 1 unspecified atom stereocenters. The third kappa shape index (κ3) is 2.87. The average Bonchev–Trinajstić information content (AvgIpc) is 2.93. The number of nitrogens with zero attached hydrogens (tertiary/aromatic N) is 2. The standard InChI is InChI=1S/C16H13ClN6O2/c1-7(19-15-18-6-12-13(22-15)23-16(25)21-12)10-5-8-4-9(17)2-3-11(8)20-14(10)24/h2-7H,1H3,(H,20,24)(H3,18,19,21,22,23,25). The molecule has 3 aromatic heterocycles. The quantitative estimate of drug-likeness (QED) is 0.449. The normalized spacial score (nSPS) is 12.6. The largest absolute Gasteiger partial charge is 0.347 e. The maximum atomic E-state index is 12.3. The maximum Gasteiger partial charge on any atom is 0.325 e. The van der Waals surface area contributed by atoms with Crippen molar-refractivity contribution >= 4 is 39.6 Å². The molecule has 0 aliphatic heterocycles. The summed E-state index contributed by atoms with van der Waals surface area (Å²) in [6.45, 7) is 1.83. The molecule has 9 heteroatoms. The van der Waals surface area contributed by atoms with Crippen molar-refractivity contribution in [2.45, 2.75) is 13.0 Å². The molecule has 4 aromatic rings. The van der Waals surface area contributed by atoms with Crippen molar-refractivity contribution in [2.24, 2.45) is 0 Å². The van der Waals surface area contributed by atoms with E-state index in [4.69, 9.17) is 11.6 Å². The van der Waals surface area contributed by atoms with E-state index in [1.54, 1.807) is 24.3 Å². The Balaban J connectivity index is 1.70. The van der Waals surface area contributed by atoms with Crippen LogP contribution in [0.4, 0.5) is 5.95 Å². The van der Waals surface area contributed by atoms with Gasteiger partial charge in [-0.05, 0) is 31.2 Å². The molecule has 0 spiro atoms. The van der Waals surface area contributed by atoms with Crippen LogP contribution in [0.3, 0.4) is 0 Å². The summed E-state index contributed by atoms with van der Waals surface area (Å²) in [5.41, 5.74) is 1.60. The molecule has 0 bridgehead atoms. The molecule has 25 heavy (non-hydrogen) atoms. The second kappa shape index (κ2) is 5.75. The molecule has 0 amide bonds. The number of imidazole rings is 1. The van der Waals surface area contributed by atoms with E-state index in [1.807, 2.05) is 6.92 Å². The molecule has 3 heterocycles. The summed E-state index contributed by atoms with van der Waals surface area (Å²) in [6.07, 6.45) is 1.50. The lowest BCUT2D eigenvalue weighted by molar-refractivity contribution is 0.847. The van der Waals surface area contributed by atoms with Crippen molar-refractivity contribution < 1.29 is 0 Å². The van der Waals surface area contributed by atoms with Gasteiger partial charge in [0.1, 0.15) is 5.52 Å². The van der Waals surface area contributed by atoms with Crippen LogP contribution in [-0.2, 0) is 0 Å². The van der Waals surface area contributed by atoms with Gasteiger partial charge in [0.25, 0.3) is 5.56 Å². The van der Waals surface area contributed by atoms with Crippen LogP contribution < -0.4 is 16.6 Å². The van der Waals surface area contributed by atoms with Gasteiger partial charge in [-0.2, -0.15) is 4.98 Å². The number of H-pyrrole nitrogens is 3. The van der Waals surface area contributed by atoms with E-state index < -0.39 is 0 Å². The van der Waals surface area contributed by atoms with Crippen molar-refractivity contribution in [3.8, 4) is 0 Å². The molecule has 8 nitrogen and oxygen atoms in total. The summed E-state index contributed by atoms with van der Waals surface area (Å²) >= 11 is 6.02. The number of anilines is 1. The van der Waals surface area contributed by atoms with Crippen LogP contribution in [0, 0.1) is 0 Å². The second-order valence-electron chi connectivity index (χ2n) is 5.69. The molecule has 4 rings (SSSR count). The minimum Gasteiger partial charge on any atom is -0.347 e. The first-order valence-electron chi connectivity index (χ1n) is 7.54. The van der Waals surface area contributed by atoms with Crippen LogP contribution in [-0.4, -0.2) is 24.9 Å². The highest BCUT2D eigenvalue weighted by molar-refractivity contribution is 6.31. The van der Waals surface area contributed by atoms with Gasteiger partial charge in [-0.1, -0.05) is 11.6 Å². The summed E-state index contributed by atoms with van der Waals surface area (Å²) in [7, 11) is 0. The molecule has 0 radical (unpaired) electrons. The van der Waals surface area contributed by atoms with E-state index in [2.05, 4.69) is 30.2 Å². The molecule has 4 N–H and O–H groups in total. The lowest BCUT2D eigenvalue weighted by Gasteiger charge is -2.14. The zero-order valence-corrected chi connectivity index (χ0v) is 13.8. The van der Waals surface area contributed by atoms with Gasteiger partial charge >= 0.3 is 5.69 Å². The third-order valence-electron chi connectivity index (χ3n) is 3.92. The Kier molecular flexibility index (Phi) is 3.54. The molecule has 126 valence electrons. The number of hydrogen-bond acceptors (Lipinski definition) is 5. The number of hydrogen-bond donors (Lipinski definition) is 4. The summed E-state index contributed by atoms with van der Waals surface area (Å²) in [5.74, 6) is 0.306. The van der Waals surface area contributed by atoms with Crippen molar-refractivity contribution in [3.05, 3.63) is 61.9 Å². The Morgan fingerprint density at radius 1 is 1.12 bits per heavy atom. The Morgan fingerprint density at radius 3 is 2.80 bits per heavy atom. The minimum absolute atomic E-state index is 0.203. The highest BCUT2D eigenvalue weighted by Gasteiger charge is 2.13. The van der Waals surface area contributed by atoms with E-state index in [-0.39, 0.29) is 17.3 Å². The molecule has 0 aliphatic rings. The fourth-order valence-corrected chi connectivity index (χ4v) is 2.87. The van der Waals surface area contributed by atoms with Crippen LogP contribution in [0.25, 0.3) is 22.1 Å². The second-order valence-corrected chi connectivity index (χ2v) is 6.12. The zero-order chi connectivity index (χ0) is 17.6. The number of rotatable bonds is 3. The Bertz CT molecular complexity index is 1210. The van der Waals surface area contributed by atoms with Crippen LogP contribution in [0.5, 0.6) is 0 Å². The average molecular weight is 357 g/mol. The number of aromatic amines is 3. The summed E-state index contributed by atoms with van der Waals surface area (Å²) in [6, 6.07) is 6.71. The van der Waals surface area contributed by atoms with Gasteiger partial charge in [-0.25, -0.2) is 9.78 Å². The van der Waals surface area contributed by atoms with E-state index in [0.29, 0.717) is 33.2 Å². The Hall–Kier alpha value is -3.13. The molecule has 1 atom stereocenters. The van der Waals surface area contributed by atoms with E-state index in [1.165, 1.54) is 6.20 Å². The lowest BCUT2D eigenvalue weighted by atomic mass is 10.1. The molecular formula is C16H13ClN6O2. The number of pyridine rings is 1. The van der Waals surface area contributed by atoms with Crippen molar-refractivity contribution in [2.75, 3.05) is 5.32 Å². The fourth-order valence-electron chi connectivity index (χ4n) is 2.69. The van der Waals surface area contributed by atoms with Crippen LogP contribution in [0.2, 0.25) is 5.02 Å². The summed E-state index contributed by atoms with van der Waals surface area (Å²) in [4.78, 5) is 40.0. The third-order valence-corrected chi connectivity index (χ3v) is 4.15. The first-order valence-corrected chi connectivity index (χ1v) is 7.91. The van der Waals surface area contributed by atoms with Gasteiger partial charge in [0.15, 0.2) is 5.65 Å². The Labute approximate surface area is 145 Å². The van der Waals surface area contributed by atoms with Crippen LogP contribution >= 0.6 is 11.6 Å². The SMILES string of the molecule is CC(Nc1ncc2[nH]c(=O)[nH]c2n1)c1cc2cc(Cl)ccc2[nH]c1=O. The smallest absolute Gasteiger partial charge is 0.325 e. The van der Waals surface area contributed by atoms with Crippen molar-refractivity contribution in [3.63, 3.8) is 0 Å². The summed E-state index contributed by atoms with van der Waals surface area (Å²) in [5, 5.41) is 4.50. The van der Waals surface area contributed by atoms with Gasteiger partial charge < -0.3 is 15.3 Å². The predicted molar refractivity (Wildman–Crippen MR) is 96.1 cm³/mol. The molecule has 0 aliphatic carbocycles. The van der Waals surface area contributed by atoms with Gasteiger partial charge in [0.05, 0.1) is 12.2 Å². The minimum atomic E-state index is -0.352. The van der Waals surface area contributed by atoms with Gasteiger partial charge in [0.2, 0.25) is 5.95 Å². The van der Waals surface area contributed by atoms with Gasteiger partial charge in [-0.3, -0.25) is 9.78 Å². The van der Waals surface area contributed by atoms with E-state index >= 15 is 0 Å². The first-order chi connectivity index (χ1) is 12.0. The number of aromatic nitrogens is 5. The molecule has 1 aromatic carbocycles. The van der Waals surface area contributed by atoms with E-state index in [9.17, 15) is 9.59 Å². The number of nitrogens with one attached hydrogen (secondary N) is 4. The zero-order valence-electron chi connectivity index (χ0n) is 13.1. The van der Waals surface area contributed by atoms with Gasteiger partial charge in [-0.15, -0.1) is 0 Å². The maximum absolute atomic E-state index is 12.3. The summed E-state index contributed by atoms with van der Waals surface area (Å²) < 4.78 is 0. The molecule has 0 fully saturated rings. The highest BCUT2D eigenvalue weighted by atomic mass is 35.5. The first kappa shape index (κ1) is 15.4. The van der Waals surface area contributed by atoms with Crippen molar-refractivity contribution in [1.29, 1.82) is 0 Å². The molecule has 0 saturated carbocycles. The van der Waals surface area contributed by atoms with Crippen LogP contribution in [0.15, 0.2) is 40.1 Å². The molecular weight excluding hydrogens is 344 g/mol. The van der Waals surface area contributed by atoms with E-state index in [0.717, 1.165) is 5.39 Å². The predicted octanol–water partition coefficient (Wildman–Crippen LogP) is 2.31. The van der Waals surface area contributed by atoms with Crippen LogP contribution in [0.1, 0.15) is 18.5 Å². The Morgan fingerprint density at radius 2 is 1.96 bits per heavy atom. The number of fused-ring (bicyclic) bond motifs is 2. The highest BCUT2D eigenvalue weighted by Crippen LogP contribution is 2.21. The lowest BCUT2D eigenvalue weighted by Crippen LogP contribution is -2.20. The number of halogens is 1. The monoisotopic (exact) mass is 356 g/mol. The van der Waals surface area contributed by atoms with Gasteiger partial charge in [0, 0.05) is 21.5 Å². The number of benzene rings is 1. The molecule has 0 saturated heterocycles.